The van der Waals surface area contributed by atoms with Gasteiger partial charge in [0.1, 0.15) is 0 Å². The minimum Gasteiger partial charge on any atom is -0.478 e. The lowest BCUT2D eigenvalue weighted by atomic mass is 10.1. The zero-order chi connectivity index (χ0) is 15.5. The third-order valence-corrected chi connectivity index (χ3v) is 5.80. The van der Waals surface area contributed by atoms with Gasteiger partial charge in [0.2, 0.25) is 0 Å². The van der Waals surface area contributed by atoms with Crippen LogP contribution in [0.15, 0.2) is 27.6 Å². The summed E-state index contributed by atoms with van der Waals surface area (Å²) in [7, 11) is -3.62. The van der Waals surface area contributed by atoms with Crippen LogP contribution >= 0.6 is 15.9 Å². The number of sulfone groups is 1. The quantitative estimate of drug-likeness (QED) is 0.825. The number of carbonyl (C=O) groups is 1. The van der Waals surface area contributed by atoms with Crippen LogP contribution in [-0.4, -0.2) is 38.0 Å². The lowest BCUT2D eigenvalue weighted by Crippen LogP contribution is -2.14. The summed E-state index contributed by atoms with van der Waals surface area (Å²) in [5.74, 6) is -1.30. The van der Waals surface area contributed by atoms with E-state index < -0.39 is 15.8 Å². The van der Waals surface area contributed by atoms with Crippen molar-refractivity contribution in [3.8, 4) is 0 Å². The van der Waals surface area contributed by atoms with Crippen LogP contribution in [0.4, 0.5) is 0 Å². The predicted molar refractivity (Wildman–Crippen MR) is 81.4 cm³/mol. The second-order valence-corrected chi connectivity index (χ2v) is 8.04. The van der Waals surface area contributed by atoms with Gasteiger partial charge in [0.15, 0.2) is 9.84 Å². The highest BCUT2D eigenvalue weighted by molar-refractivity contribution is 9.10. The molecule has 21 heavy (non-hydrogen) atoms. The van der Waals surface area contributed by atoms with Crippen LogP contribution in [0.1, 0.15) is 36.0 Å². The first-order chi connectivity index (χ1) is 9.90. The Labute approximate surface area is 132 Å². The van der Waals surface area contributed by atoms with Crippen molar-refractivity contribution < 1.29 is 23.1 Å². The van der Waals surface area contributed by atoms with Crippen LogP contribution in [0.25, 0.3) is 0 Å². The van der Waals surface area contributed by atoms with Crippen LogP contribution in [0.2, 0.25) is 0 Å². The van der Waals surface area contributed by atoms with Gasteiger partial charge in [0.25, 0.3) is 0 Å². The molecule has 0 aliphatic carbocycles. The molecular weight excluding hydrogens is 360 g/mol. The molecule has 0 bridgehead atoms. The molecule has 1 aromatic rings. The molecule has 0 saturated carbocycles. The van der Waals surface area contributed by atoms with E-state index in [2.05, 4.69) is 15.9 Å². The van der Waals surface area contributed by atoms with Gasteiger partial charge in [0.05, 0.1) is 22.3 Å². The Hall–Kier alpha value is -0.920. The van der Waals surface area contributed by atoms with Crippen LogP contribution in [0.3, 0.4) is 0 Å². The topological polar surface area (TPSA) is 80.7 Å². The summed E-state index contributed by atoms with van der Waals surface area (Å²) < 4.78 is 30.7. The van der Waals surface area contributed by atoms with Crippen LogP contribution < -0.4 is 0 Å². The number of ether oxygens (including phenoxy) is 1. The summed E-state index contributed by atoms with van der Waals surface area (Å²) in [5.41, 5.74) is -0.185. The zero-order valence-corrected chi connectivity index (χ0v) is 13.8. The average Bonchev–Trinajstić information content (AvgIpc) is 2.91. The lowest BCUT2D eigenvalue weighted by Gasteiger charge is -2.11. The van der Waals surface area contributed by atoms with Gasteiger partial charge < -0.3 is 9.84 Å². The van der Waals surface area contributed by atoms with Gasteiger partial charge in [-0.3, -0.25) is 0 Å². The van der Waals surface area contributed by atoms with Gasteiger partial charge in [-0.15, -0.1) is 0 Å². The summed E-state index contributed by atoms with van der Waals surface area (Å²) in [5, 5.41) is 9.12. The number of carboxylic acids is 1. The van der Waals surface area contributed by atoms with E-state index in [9.17, 15) is 13.2 Å². The Morgan fingerprint density at radius 3 is 2.81 bits per heavy atom. The Balaban J connectivity index is 2.11. The Morgan fingerprint density at radius 2 is 2.19 bits per heavy atom. The Kier molecular flexibility index (Phi) is 5.40. The second-order valence-electron chi connectivity index (χ2n) is 5.04. The predicted octanol–water partition coefficient (Wildman–Crippen LogP) is 2.88. The van der Waals surface area contributed by atoms with Gasteiger partial charge in [-0.05, 0) is 43.9 Å². The van der Waals surface area contributed by atoms with Gasteiger partial charge in [-0.2, -0.15) is 0 Å². The fourth-order valence-electron chi connectivity index (χ4n) is 2.41. The molecule has 116 valence electrons. The molecular formula is C14H17BrO5S. The maximum Gasteiger partial charge on any atom is 0.337 e. The summed E-state index contributed by atoms with van der Waals surface area (Å²) in [6.07, 6.45) is 3.29. The first kappa shape index (κ1) is 16.5. The Bertz CT molecular complexity index is 620. The van der Waals surface area contributed by atoms with Crippen LogP contribution in [0, 0.1) is 0 Å². The molecule has 1 aromatic carbocycles. The van der Waals surface area contributed by atoms with Gasteiger partial charge in [-0.1, -0.05) is 15.9 Å². The van der Waals surface area contributed by atoms with Crippen molar-refractivity contribution in [3.05, 3.63) is 28.2 Å². The zero-order valence-electron chi connectivity index (χ0n) is 11.4. The molecule has 1 heterocycles. The summed E-state index contributed by atoms with van der Waals surface area (Å²) in [6, 6.07) is 4.18. The molecule has 1 atom stereocenters. The van der Waals surface area contributed by atoms with E-state index in [0.717, 1.165) is 19.4 Å². The van der Waals surface area contributed by atoms with Crippen molar-refractivity contribution in [1.29, 1.82) is 0 Å². The number of hydrogen-bond donors (Lipinski definition) is 1. The van der Waals surface area contributed by atoms with E-state index in [4.69, 9.17) is 9.84 Å². The van der Waals surface area contributed by atoms with Crippen molar-refractivity contribution in [3.63, 3.8) is 0 Å². The number of benzene rings is 1. The molecule has 0 radical (unpaired) electrons. The fourth-order valence-corrected chi connectivity index (χ4v) is 4.49. The van der Waals surface area contributed by atoms with Crippen molar-refractivity contribution in [1.82, 2.24) is 0 Å². The first-order valence-corrected chi connectivity index (χ1v) is 9.22. The third kappa shape index (κ3) is 4.28. The highest BCUT2D eigenvalue weighted by atomic mass is 79.9. The molecule has 5 nitrogen and oxygen atoms in total. The fraction of sp³-hybridized carbons (Fsp3) is 0.500. The van der Waals surface area contributed by atoms with E-state index in [1.54, 1.807) is 0 Å². The first-order valence-electron chi connectivity index (χ1n) is 6.77. The van der Waals surface area contributed by atoms with Crippen LogP contribution in [-0.2, 0) is 14.6 Å². The molecule has 0 aromatic heterocycles. The molecule has 1 fully saturated rings. The summed E-state index contributed by atoms with van der Waals surface area (Å²) >= 11 is 3.18. The van der Waals surface area contributed by atoms with Gasteiger partial charge in [0, 0.05) is 11.1 Å². The number of carboxylic acid groups (broad SMARTS) is 1. The number of aromatic carboxylic acids is 1. The maximum atomic E-state index is 12.4. The van der Waals surface area contributed by atoms with Crippen molar-refractivity contribution in [2.24, 2.45) is 0 Å². The monoisotopic (exact) mass is 376 g/mol. The number of rotatable bonds is 6. The molecule has 0 amide bonds. The largest absolute Gasteiger partial charge is 0.478 e. The van der Waals surface area contributed by atoms with Crippen LogP contribution in [0.5, 0.6) is 0 Å². The normalized spacial score (nSPS) is 18.8. The molecule has 0 spiro atoms. The molecule has 1 aliphatic rings. The van der Waals surface area contributed by atoms with E-state index in [0.29, 0.717) is 17.3 Å². The molecule has 2 rings (SSSR count). The maximum absolute atomic E-state index is 12.4. The third-order valence-electron chi connectivity index (χ3n) is 3.47. The molecule has 7 heteroatoms. The van der Waals surface area contributed by atoms with E-state index in [-0.39, 0.29) is 22.3 Å². The van der Waals surface area contributed by atoms with Crippen molar-refractivity contribution in [2.45, 2.75) is 36.7 Å². The second kappa shape index (κ2) is 6.89. The Morgan fingerprint density at radius 1 is 1.43 bits per heavy atom. The molecule has 1 unspecified atom stereocenters. The van der Waals surface area contributed by atoms with Gasteiger partial charge >= 0.3 is 5.97 Å². The van der Waals surface area contributed by atoms with Crippen molar-refractivity contribution >= 4 is 31.7 Å². The summed E-state index contributed by atoms with van der Waals surface area (Å²) in [6.45, 7) is 0.742. The minimum atomic E-state index is -3.62. The number of halogens is 1. The molecule has 1 aliphatic heterocycles. The van der Waals surface area contributed by atoms with E-state index >= 15 is 0 Å². The highest BCUT2D eigenvalue weighted by Crippen LogP contribution is 2.24. The summed E-state index contributed by atoms with van der Waals surface area (Å²) in [4.78, 5) is 11.0. The van der Waals surface area contributed by atoms with Crippen molar-refractivity contribution in [2.75, 3.05) is 12.4 Å². The molecule has 1 saturated heterocycles. The standard InChI is InChI=1S/C14H17BrO5S/c15-10-5-6-12(14(16)17)13(9-10)21(18,19)8-2-4-11-3-1-7-20-11/h5-6,9,11H,1-4,7-8H2,(H,16,17). The van der Waals surface area contributed by atoms with E-state index in [1.165, 1.54) is 18.2 Å². The van der Waals surface area contributed by atoms with E-state index in [1.807, 2.05) is 0 Å². The highest BCUT2D eigenvalue weighted by Gasteiger charge is 2.23. The minimum absolute atomic E-state index is 0.0659. The SMILES string of the molecule is O=C(O)c1ccc(Br)cc1S(=O)(=O)CCCC1CCCO1. The number of hydrogen-bond acceptors (Lipinski definition) is 4. The van der Waals surface area contributed by atoms with Gasteiger partial charge in [-0.25, -0.2) is 13.2 Å². The molecule has 1 N–H and O–H groups in total. The lowest BCUT2D eigenvalue weighted by molar-refractivity contribution is 0.0692. The average molecular weight is 377 g/mol. The smallest absolute Gasteiger partial charge is 0.337 e.